The Hall–Kier alpha value is -2.37. The van der Waals surface area contributed by atoms with Crippen LogP contribution in [0.4, 0.5) is 5.69 Å². The Bertz CT molecular complexity index is 1160. The lowest BCUT2D eigenvalue weighted by Gasteiger charge is -2.26. The molecular weight excluding hydrogens is 408 g/mol. The van der Waals surface area contributed by atoms with Gasteiger partial charge in [-0.3, -0.25) is 9.78 Å². The fourth-order valence-corrected chi connectivity index (χ4v) is 5.26. The second-order valence-corrected chi connectivity index (χ2v) is 9.15. The zero-order valence-corrected chi connectivity index (χ0v) is 18.5. The van der Waals surface area contributed by atoms with Crippen LogP contribution >= 0.6 is 11.6 Å². The molecule has 1 atom stereocenters. The zero-order chi connectivity index (χ0) is 21.2. The number of nitrogens with zero attached hydrogens (tertiary/aromatic N) is 1. The van der Waals surface area contributed by atoms with Crippen LogP contribution in [0.1, 0.15) is 60.7 Å². The van der Waals surface area contributed by atoms with E-state index in [-0.39, 0.29) is 5.56 Å². The fourth-order valence-electron chi connectivity index (χ4n) is 5.09. The summed E-state index contributed by atoms with van der Waals surface area (Å²) in [6, 6.07) is 9.99. The molecule has 5 nitrogen and oxygen atoms in total. The average Bonchev–Trinajstić information content (AvgIpc) is 2.77. The van der Waals surface area contributed by atoms with Crippen molar-refractivity contribution < 1.29 is 0 Å². The van der Waals surface area contributed by atoms with Crippen molar-refractivity contribution in [2.24, 2.45) is 0 Å². The standard InChI is InChI=1S/C25H29ClN4O/c26-16-9-10-19-23(15-16)29-22-6-2-1-5-18(22)25(19)28-14-4-13-27-20-7-3-8-21-17(20)11-12-24(31)30-21/h9-12,15,20,27H,1-8,13-14H2,(H,28,29)(H,30,31). The van der Waals surface area contributed by atoms with Crippen LogP contribution in [0.25, 0.3) is 10.9 Å². The van der Waals surface area contributed by atoms with Gasteiger partial charge in [0.2, 0.25) is 5.56 Å². The molecule has 3 aromatic rings. The van der Waals surface area contributed by atoms with Gasteiger partial charge >= 0.3 is 0 Å². The zero-order valence-electron chi connectivity index (χ0n) is 17.8. The predicted octanol–water partition coefficient (Wildman–Crippen LogP) is 4.92. The van der Waals surface area contributed by atoms with Crippen LogP contribution in [0, 0.1) is 0 Å². The third-order valence-electron chi connectivity index (χ3n) is 6.60. The minimum atomic E-state index is -0.00204. The number of rotatable bonds is 6. The van der Waals surface area contributed by atoms with Crippen LogP contribution in [0.15, 0.2) is 35.1 Å². The monoisotopic (exact) mass is 436 g/mol. The maximum Gasteiger partial charge on any atom is 0.248 e. The number of benzene rings is 1. The molecule has 2 aliphatic rings. The van der Waals surface area contributed by atoms with E-state index in [1.165, 1.54) is 40.7 Å². The quantitative estimate of drug-likeness (QED) is 0.479. The van der Waals surface area contributed by atoms with E-state index in [4.69, 9.17) is 16.6 Å². The first-order valence-corrected chi connectivity index (χ1v) is 11.9. The van der Waals surface area contributed by atoms with Crippen LogP contribution in [-0.4, -0.2) is 23.1 Å². The van der Waals surface area contributed by atoms with Gasteiger partial charge < -0.3 is 15.6 Å². The minimum Gasteiger partial charge on any atom is -0.384 e. The lowest BCUT2D eigenvalue weighted by Crippen LogP contribution is -2.29. The second kappa shape index (κ2) is 9.01. The summed E-state index contributed by atoms with van der Waals surface area (Å²) in [5.41, 5.74) is 7.21. The van der Waals surface area contributed by atoms with Crippen LogP contribution in [0.2, 0.25) is 5.02 Å². The lowest BCUT2D eigenvalue weighted by atomic mass is 9.91. The van der Waals surface area contributed by atoms with Gasteiger partial charge in [0.1, 0.15) is 0 Å². The highest BCUT2D eigenvalue weighted by molar-refractivity contribution is 6.31. The highest BCUT2D eigenvalue weighted by atomic mass is 35.5. The van der Waals surface area contributed by atoms with Crippen molar-refractivity contribution in [2.75, 3.05) is 18.4 Å². The van der Waals surface area contributed by atoms with Crippen LogP contribution in [-0.2, 0) is 19.3 Å². The van der Waals surface area contributed by atoms with Gasteiger partial charge in [0.15, 0.2) is 0 Å². The number of hydrogen-bond donors (Lipinski definition) is 3. The fraction of sp³-hybridized carbons (Fsp3) is 0.440. The molecule has 0 radical (unpaired) electrons. The summed E-state index contributed by atoms with van der Waals surface area (Å²) < 4.78 is 0. The summed E-state index contributed by atoms with van der Waals surface area (Å²) in [5, 5.41) is 9.33. The van der Waals surface area contributed by atoms with E-state index < -0.39 is 0 Å². The molecule has 31 heavy (non-hydrogen) atoms. The summed E-state index contributed by atoms with van der Waals surface area (Å²) in [7, 11) is 0. The number of H-pyrrole nitrogens is 1. The van der Waals surface area contributed by atoms with Crippen LogP contribution in [0.5, 0.6) is 0 Å². The second-order valence-electron chi connectivity index (χ2n) is 8.72. The molecule has 1 unspecified atom stereocenters. The summed E-state index contributed by atoms with van der Waals surface area (Å²) in [5.74, 6) is 0. The summed E-state index contributed by atoms with van der Waals surface area (Å²) in [4.78, 5) is 19.5. The number of nitrogens with one attached hydrogen (secondary N) is 3. The predicted molar refractivity (Wildman–Crippen MR) is 127 cm³/mol. The number of halogens is 1. The Labute approximate surface area is 187 Å². The largest absolute Gasteiger partial charge is 0.384 e. The molecule has 0 spiro atoms. The van der Waals surface area contributed by atoms with Gasteiger partial charge in [-0.1, -0.05) is 17.7 Å². The molecule has 0 bridgehead atoms. The molecule has 3 N–H and O–H groups in total. The minimum absolute atomic E-state index is 0.00204. The van der Waals surface area contributed by atoms with E-state index in [0.29, 0.717) is 6.04 Å². The van der Waals surface area contributed by atoms with Gasteiger partial charge in [-0.05, 0) is 87.2 Å². The van der Waals surface area contributed by atoms with E-state index in [2.05, 4.69) is 21.7 Å². The summed E-state index contributed by atoms with van der Waals surface area (Å²) in [6.07, 6.45) is 8.82. The van der Waals surface area contributed by atoms with Crippen LogP contribution < -0.4 is 16.2 Å². The highest BCUT2D eigenvalue weighted by Gasteiger charge is 2.20. The molecule has 2 aromatic heterocycles. The van der Waals surface area contributed by atoms with Gasteiger partial charge in [-0.15, -0.1) is 0 Å². The van der Waals surface area contributed by atoms with Gasteiger partial charge in [-0.2, -0.15) is 0 Å². The van der Waals surface area contributed by atoms with Crippen molar-refractivity contribution >= 4 is 28.2 Å². The molecular formula is C25H29ClN4O. The molecule has 162 valence electrons. The van der Waals surface area contributed by atoms with Crippen molar-refractivity contribution in [1.29, 1.82) is 0 Å². The third kappa shape index (κ3) is 4.35. The summed E-state index contributed by atoms with van der Waals surface area (Å²) in [6.45, 7) is 1.85. The molecule has 5 rings (SSSR count). The van der Waals surface area contributed by atoms with Crippen molar-refractivity contribution in [3.8, 4) is 0 Å². The number of anilines is 1. The van der Waals surface area contributed by atoms with Gasteiger partial charge in [0, 0.05) is 46.1 Å². The Balaban J connectivity index is 1.25. The molecule has 2 heterocycles. The Morgan fingerprint density at radius 3 is 2.90 bits per heavy atom. The average molecular weight is 437 g/mol. The van der Waals surface area contributed by atoms with E-state index >= 15 is 0 Å². The molecule has 6 heteroatoms. The number of aromatic nitrogens is 2. The Morgan fingerprint density at radius 1 is 1.06 bits per heavy atom. The van der Waals surface area contributed by atoms with Crippen molar-refractivity contribution in [3.63, 3.8) is 0 Å². The van der Waals surface area contributed by atoms with Gasteiger partial charge in [0.05, 0.1) is 5.52 Å². The van der Waals surface area contributed by atoms with E-state index in [1.807, 2.05) is 18.2 Å². The molecule has 0 saturated heterocycles. The maximum absolute atomic E-state index is 11.6. The highest BCUT2D eigenvalue weighted by Crippen LogP contribution is 2.34. The number of aromatic amines is 1. The number of aryl methyl sites for hydroxylation is 2. The van der Waals surface area contributed by atoms with Crippen molar-refractivity contribution in [1.82, 2.24) is 15.3 Å². The first-order valence-electron chi connectivity index (χ1n) is 11.5. The third-order valence-corrected chi connectivity index (χ3v) is 6.84. The summed E-state index contributed by atoms with van der Waals surface area (Å²) >= 11 is 6.23. The number of hydrogen-bond acceptors (Lipinski definition) is 4. The molecule has 0 amide bonds. The molecule has 0 fully saturated rings. The van der Waals surface area contributed by atoms with E-state index in [0.717, 1.165) is 67.8 Å². The van der Waals surface area contributed by atoms with E-state index in [1.54, 1.807) is 6.07 Å². The SMILES string of the molecule is O=c1ccc2c([nH]1)CCCC2NCCCNc1c2c(nc3cc(Cl)ccc13)CCCC2. The first-order chi connectivity index (χ1) is 15.2. The Morgan fingerprint density at radius 2 is 1.97 bits per heavy atom. The molecule has 1 aromatic carbocycles. The van der Waals surface area contributed by atoms with Gasteiger partial charge in [-0.25, -0.2) is 0 Å². The normalized spacial score (nSPS) is 17.9. The molecule has 0 aliphatic heterocycles. The molecule has 0 saturated carbocycles. The van der Waals surface area contributed by atoms with Crippen molar-refractivity contribution in [3.05, 3.63) is 68.2 Å². The molecule has 2 aliphatic carbocycles. The topological polar surface area (TPSA) is 69.8 Å². The Kier molecular flexibility index (Phi) is 5.97. The smallest absolute Gasteiger partial charge is 0.248 e. The number of pyridine rings is 2. The first kappa shape index (κ1) is 20.5. The lowest BCUT2D eigenvalue weighted by molar-refractivity contribution is 0.453. The number of fused-ring (bicyclic) bond motifs is 3. The van der Waals surface area contributed by atoms with Gasteiger partial charge in [0.25, 0.3) is 0 Å². The van der Waals surface area contributed by atoms with Crippen LogP contribution in [0.3, 0.4) is 0 Å². The van der Waals surface area contributed by atoms with Crippen molar-refractivity contribution in [2.45, 2.75) is 57.4 Å². The van der Waals surface area contributed by atoms with E-state index in [9.17, 15) is 4.79 Å². The maximum atomic E-state index is 11.6.